The molecule has 0 bridgehead atoms. The van der Waals surface area contributed by atoms with E-state index in [2.05, 4.69) is 10.3 Å². The van der Waals surface area contributed by atoms with Crippen LogP contribution in [0.5, 0.6) is 5.75 Å². The van der Waals surface area contributed by atoms with Gasteiger partial charge >= 0.3 is 5.69 Å². The van der Waals surface area contributed by atoms with Gasteiger partial charge in [0.15, 0.2) is 5.75 Å². The number of rotatable bonds is 4. The number of nitrogens with one attached hydrogen (secondary N) is 1. The van der Waals surface area contributed by atoms with Gasteiger partial charge < -0.3 is 10.4 Å². The number of carbonyl (C=O) groups excluding carboxylic acids is 1. The molecule has 0 aliphatic rings. The van der Waals surface area contributed by atoms with Crippen molar-refractivity contribution in [1.82, 2.24) is 10.3 Å². The van der Waals surface area contributed by atoms with Crippen molar-refractivity contribution in [3.63, 3.8) is 0 Å². The maximum atomic E-state index is 12.2. The van der Waals surface area contributed by atoms with Gasteiger partial charge in [-0.05, 0) is 23.6 Å². The van der Waals surface area contributed by atoms with Crippen molar-refractivity contribution in [2.45, 2.75) is 6.54 Å². The van der Waals surface area contributed by atoms with Gasteiger partial charge in [-0.25, -0.2) is 0 Å². The zero-order chi connectivity index (χ0) is 17.1. The Kier molecular flexibility index (Phi) is 4.07. The third-order valence-corrected chi connectivity index (χ3v) is 3.61. The molecule has 3 aromatic rings. The Morgan fingerprint density at radius 3 is 2.75 bits per heavy atom. The number of nitrogens with zero attached hydrogens (tertiary/aromatic N) is 2. The second-order valence-corrected chi connectivity index (χ2v) is 5.12. The maximum Gasteiger partial charge on any atom is 0.310 e. The SMILES string of the molecule is O=C(NCc1nccc2ccccc12)c1ccc([N+](=O)[O-])c(O)c1. The molecule has 7 heteroatoms. The first-order chi connectivity index (χ1) is 11.6. The Bertz CT molecular complexity index is 935. The predicted molar refractivity (Wildman–Crippen MR) is 87.7 cm³/mol. The van der Waals surface area contributed by atoms with E-state index >= 15 is 0 Å². The van der Waals surface area contributed by atoms with E-state index in [0.717, 1.165) is 22.9 Å². The summed E-state index contributed by atoms with van der Waals surface area (Å²) in [5, 5.41) is 24.9. The van der Waals surface area contributed by atoms with Crippen LogP contribution in [0, 0.1) is 10.1 Å². The number of fused-ring (bicyclic) bond motifs is 1. The number of benzene rings is 2. The van der Waals surface area contributed by atoms with Gasteiger partial charge in [0.2, 0.25) is 0 Å². The second-order valence-electron chi connectivity index (χ2n) is 5.12. The van der Waals surface area contributed by atoms with Crippen molar-refractivity contribution in [3.8, 4) is 5.75 Å². The van der Waals surface area contributed by atoms with Crippen molar-refractivity contribution in [1.29, 1.82) is 0 Å². The molecular weight excluding hydrogens is 310 g/mol. The Labute approximate surface area is 136 Å². The van der Waals surface area contributed by atoms with E-state index in [1.54, 1.807) is 6.20 Å². The van der Waals surface area contributed by atoms with Gasteiger partial charge in [0.25, 0.3) is 5.91 Å². The predicted octanol–water partition coefficient (Wildman–Crippen LogP) is 2.78. The highest BCUT2D eigenvalue weighted by Gasteiger charge is 2.16. The molecule has 0 radical (unpaired) electrons. The molecule has 1 heterocycles. The Balaban J connectivity index is 1.78. The average molecular weight is 323 g/mol. The smallest absolute Gasteiger partial charge is 0.310 e. The van der Waals surface area contributed by atoms with Crippen molar-refractivity contribution in [3.05, 3.63) is 76.1 Å². The van der Waals surface area contributed by atoms with Crippen LogP contribution in [-0.2, 0) is 6.54 Å². The molecule has 0 spiro atoms. The Morgan fingerprint density at radius 1 is 1.21 bits per heavy atom. The van der Waals surface area contributed by atoms with Gasteiger partial charge in [-0.2, -0.15) is 0 Å². The van der Waals surface area contributed by atoms with E-state index in [4.69, 9.17) is 0 Å². The maximum absolute atomic E-state index is 12.2. The fraction of sp³-hybridized carbons (Fsp3) is 0.0588. The van der Waals surface area contributed by atoms with E-state index in [9.17, 15) is 20.0 Å². The van der Waals surface area contributed by atoms with E-state index in [0.29, 0.717) is 5.69 Å². The standard InChI is InChI=1S/C17H13N3O4/c21-16-9-12(5-6-15(16)20(23)24)17(22)19-10-14-13-4-2-1-3-11(13)7-8-18-14/h1-9,21H,10H2,(H,19,22). The van der Waals surface area contributed by atoms with E-state index in [1.807, 2.05) is 30.3 Å². The van der Waals surface area contributed by atoms with Crippen LogP contribution in [0.25, 0.3) is 10.8 Å². The molecule has 2 N–H and O–H groups in total. The van der Waals surface area contributed by atoms with Crippen LogP contribution in [0.15, 0.2) is 54.7 Å². The number of carbonyl (C=O) groups is 1. The van der Waals surface area contributed by atoms with E-state index in [1.165, 1.54) is 6.07 Å². The third kappa shape index (κ3) is 3.00. The number of aromatic nitrogens is 1. The van der Waals surface area contributed by atoms with Crippen molar-refractivity contribution < 1.29 is 14.8 Å². The molecule has 0 aliphatic carbocycles. The lowest BCUT2D eigenvalue weighted by Gasteiger charge is -2.08. The lowest BCUT2D eigenvalue weighted by molar-refractivity contribution is -0.385. The minimum atomic E-state index is -0.711. The summed E-state index contributed by atoms with van der Waals surface area (Å²) < 4.78 is 0. The van der Waals surface area contributed by atoms with Crippen LogP contribution in [0.1, 0.15) is 16.1 Å². The molecule has 1 aromatic heterocycles. The highest BCUT2D eigenvalue weighted by atomic mass is 16.6. The molecular formula is C17H13N3O4. The first-order valence-corrected chi connectivity index (χ1v) is 7.14. The van der Waals surface area contributed by atoms with Crippen molar-refractivity contribution in [2.24, 2.45) is 0 Å². The summed E-state index contributed by atoms with van der Waals surface area (Å²) in [6.07, 6.45) is 1.67. The fourth-order valence-corrected chi connectivity index (χ4v) is 2.41. The highest BCUT2D eigenvalue weighted by Crippen LogP contribution is 2.26. The number of hydrogen-bond donors (Lipinski definition) is 2. The zero-order valence-corrected chi connectivity index (χ0v) is 12.5. The van der Waals surface area contributed by atoms with Gasteiger partial charge in [-0.3, -0.25) is 19.9 Å². The molecule has 7 nitrogen and oxygen atoms in total. The molecule has 0 atom stereocenters. The Morgan fingerprint density at radius 2 is 2.00 bits per heavy atom. The first-order valence-electron chi connectivity index (χ1n) is 7.14. The van der Waals surface area contributed by atoms with Crippen LogP contribution in [0.2, 0.25) is 0 Å². The molecule has 1 amide bonds. The number of nitro benzene ring substituents is 1. The van der Waals surface area contributed by atoms with Gasteiger partial charge in [0.05, 0.1) is 17.2 Å². The first kappa shape index (κ1) is 15.4. The van der Waals surface area contributed by atoms with Crippen LogP contribution in [-0.4, -0.2) is 20.9 Å². The van der Waals surface area contributed by atoms with Crippen LogP contribution >= 0.6 is 0 Å². The number of pyridine rings is 1. The molecule has 0 saturated heterocycles. The van der Waals surface area contributed by atoms with Gasteiger partial charge in [0.1, 0.15) is 0 Å². The van der Waals surface area contributed by atoms with Gasteiger partial charge in [-0.15, -0.1) is 0 Å². The number of aromatic hydroxyl groups is 1. The topological polar surface area (TPSA) is 105 Å². The summed E-state index contributed by atoms with van der Waals surface area (Å²) in [4.78, 5) is 26.4. The van der Waals surface area contributed by atoms with Crippen molar-refractivity contribution >= 4 is 22.4 Å². The van der Waals surface area contributed by atoms with Gasteiger partial charge in [-0.1, -0.05) is 24.3 Å². The molecule has 0 saturated carbocycles. The molecule has 24 heavy (non-hydrogen) atoms. The van der Waals surface area contributed by atoms with Crippen LogP contribution in [0.3, 0.4) is 0 Å². The minimum absolute atomic E-state index is 0.137. The highest BCUT2D eigenvalue weighted by molar-refractivity contribution is 5.95. The largest absolute Gasteiger partial charge is 0.502 e. The molecule has 120 valence electrons. The summed E-state index contributed by atoms with van der Waals surface area (Å²) in [5.41, 5.74) is 0.410. The van der Waals surface area contributed by atoms with Crippen LogP contribution in [0.4, 0.5) is 5.69 Å². The lowest BCUT2D eigenvalue weighted by Crippen LogP contribution is -2.23. The number of amides is 1. The summed E-state index contributed by atoms with van der Waals surface area (Å²) in [6, 6.07) is 13.0. The monoisotopic (exact) mass is 323 g/mol. The van der Waals surface area contributed by atoms with E-state index < -0.39 is 22.3 Å². The minimum Gasteiger partial charge on any atom is -0.502 e. The van der Waals surface area contributed by atoms with Crippen LogP contribution < -0.4 is 5.32 Å². The number of hydrogen-bond acceptors (Lipinski definition) is 5. The van der Waals surface area contributed by atoms with E-state index in [-0.39, 0.29) is 12.1 Å². The summed E-state index contributed by atoms with van der Waals surface area (Å²) in [5.74, 6) is -0.995. The molecule has 0 fully saturated rings. The molecule has 0 aliphatic heterocycles. The molecule has 3 rings (SSSR count). The normalized spacial score (nSPS) is 10.5. The second kappa shape index (κ2) is 6.33. The summed E-state index contributed by atoms with van der Waals surface area (Å²) >= 11 is 0. The van der Waals surface area contributed by atoms with Gasteiger partial charge in [0, 0.05) is 23.2 Å². The zero-order valence-electron chi connectivity index (χ0n) is 12.5. The summed E-state index contributed by atoms with van der Waals surface area (Å²) in [6.45, 7) is 0.206. The fourth-order valence-electron chi connectivity index (χ4n) is 2.41. The third-order valence-electron chi connectivity index (χ3n) is 3.61. The molecule has 2 aromatic carbocycles. The summed E-state index contributed by atoms with van der Waals surface area (Å²) in [7, 11) is 0. The lowest BCUT2D eigenvalue weighted by atomic mass is 10.1. The average Bonchev–Trinajstić information content (AvgIpc) is 2.59. The Hall–Kier alpha value is -3.48. The molecule has 0 unspecified atom stereocenters. The van der Waals surface area contributed by atoms with Crippen molar-refractivity contribution in [2.75, 3.05) is 0 Å². The number of nitro groups is 1. The quantitative estimate of drug-likeness (QED) is 0.567. The number of phenols is 1. The number of phenolic OH excluding ortho intramolecular Hbond substituents is 1.